The van der Waals surface area contributed by atoms with Gasteiger partial charge in [-0.2, -0.15) is 0 Å². The van der Waals surface area contributed by atoms with Crippen LogP contribution in [0.4, 0.5) is 0 Å². The molecule has 0 saturated carbocycles. The molecule has 0 spiro atoms. The van der Waals surface area contributed by atoms with Crippen LogP contribution in [0.15, 0.2) is 18.2 Å². The third-order valence-electron chi connectivity index (χ3n) is 2.77. The summed E-state index contributed by atoms with van der Waals surface area (Å²) in [6.45, 7) is 1.95. The highest BCUT2D eigenvalue weighted by atomic mass is 35.5. The van der Waals surface area contributed by atoms with Gasteiger partial charge in [0.15, 0.2) is 0 Å². The summed E-state index contributed by atoms with van der Waals surface area (Å²) in [5.41, 5.74) is 1.87. The van der Waals surface area contributed by atoms with E-state index < -0.39 is 0 Å². The van der Waals surface area contributed by atoms with Crippen molar-refractivity contribution in [1.29, 1.82) is 0 Å². The van der Waals surface area contributed by atoms with E-state index in [9.17, 15) is 9.59 Å². The van der Waals surface area contributed by atoms with Crippen molar-refractivity contribution in [3.05, 3.63) is 34.3 Å². The molecule has 1 heterocycles. The summed E-state index contributed by atoms with van der Waals surface area (Å²) >= 11 is 6.07. The highest BCUT2D eigenvalue weighted by molar-refractivity contribution is 6.31. The Morgan fingerprint density at radius 2 is 2.12 bits per heavy atom. The third kappa shape index (κ3) is 2.09. The van der Waals surface area contributed by atoms with Gasteiger partial charge in [-0.3, -0.25) is 14.9 Å². The van der Waals surface area contributed by atoms with Gasteiger partial charge in [-0.15, -0.1) is 0 Å². The predicted molar refractivity (Wildman–Crippen MR) is 61.3 cm³/mol. The minimum atomic E-state index is -0.301. The fourth-order valence-electron chi connectivity index (χ4n) is 1.92. The van der Waals surface area contributed by atoms with Gasteiger partial charge in [0.1, 0.15) is 0 Å². The molecule has 0 aromatic heterocycles. The molecular weight excluding hydrogens is 226 g/mol. The summed E-state index contributed by atoms with van der Waals surface area (Å²) < 4.78 is 0. The summed E-state index contributed by atoms with van der Waals surface area (Å²) in [6, 6.07) is 5.59. The Hall–Kier alpha value is -1.35. The van der Waals surface area contributed by atoms with E-state index in [1.165, 1.54) is 0 Å². The fourth-order valence-corrected chi connectivity index (χ4v) is 2.17. The molecule has 1 N–H and O–H groups in total. The maximum atomic E-state index is 11.7. The van der Waals surface area contributed by atoms with Crippen molar-refractivity contribution in [3.8, 4) is 0 Å². The molecule has 16 heavy (non-hydrogen) atoms. The minimum absolute atomic E-state index is 0.204. The minimum Gasteiger partial charge on any atom is -0.296 e. The van der Waals surface area contributed by atoms with E-state index in [4.69, 9.17) is 11.6 Å². The molecule has 2 amide bonds. The third-order valence-corrected chi connectivity index (χ3v) is 3.11. The van der Waals surface area contributed by atoms with Gasteiger partial charge in [0, 0.05) is 11.4 Å². The average molecular weight is 238 g/mol. The predicted octanol–water partition coefficient (Wildman–Crippen LogP) is 2.17. The lowest BCUT2D eigenvalue weighted by atomic mass is 9.90. The number of aryl methyl sites for hydroxylation is 1. The zero-order chi connectivity index (χ0) is 11.7. The number of rotatable bonds is 1. The van der Waals surface area contributed by atoms with Gasteiger partial charge in [-0.05, 0) is 25.0 Å². The Morgan fingerprint density at radius 1 is 1.38 bits per heavy atom. The van der Waals surface area contributed by atoms with Gasteiger partial charge >= 0.3 is 0 Å². The van der Waals surface area contributed by atoms with Crippen LogP contribution in [0.5, 0.6) is 0 Å². The second-order valence-electron chi connectivity index (χ2n) is 4.03. The second-order valence-corrected chi connectivity index (χ2v) is 4.44. The van der Waals surface area contributed by atoms with Crippen molar-refractivity contribution < 1.29 is 9.59 Å². The Labute approximate surface area is 98.8 Å². The molecule has 3 nitrogen and oxygen atoms in total. The molecule has 0 radical (unpaired) electrons. The number of nitrogens with one attached hydrogen (secondary N) is 1. The van der Waals surface area contributed by atoms with E-state index in [0.29, 0.717) is 17.9 Å². The molecule has 1 aromatic carbocycles. The van der Waals surface area contributed by atoms with Crippen molar-refractivity contribution >= 4 is 23.4 Å². The largest absolute Gasteiger partial charge is 0.296 e. The summed E-state index contributed by atoms with van der Waals surface area (Å²) in [4.78, 5) is 22.7. The summed E-state index contributed by atoms with van der Waals surface area (Å²) in [6.07, 6.45) is 0.911. The molecule has 1 aliphatic heterocycles. The lowest BCUT2D eigenvalue weighted by Crippen LogP contribution is -2.39. The van der Waals surface area contributed by atoms with E-state index in [1.54, 1.807) is 6.07 Å². The van der Waals surface area contributed by atoms with E-state index in [0.717, 1.165) is 11.1 Å². The summed E-state index contributed by atoms with van der Waals surface area (Å²) in [5.74, 6) is -0.751. The zero-order valence-electron chi connectivity index (χ0n) is 8.92. The van der Waals surface area contributed by atoms with Crippen LogP contribution in [-0.4, -0.2) is 11.8 Å². The first-order chi connectivity index (χ1) is 7.58. The number of hydrogen-bond acceptors (Lipinski definition) is 2. The molecule has 1 atom stereocenters. The van der Waals surface area contributed by atoms with E-state index >= 15 is 0 Å². The number of carbonyl (C=O) groups excluding carboxylic acids is 2. The maximum absolute atomic E-state index is 11.7. The fraction of sp³-hybridized carbons (Fsp3) is 0.333. The molecule has 1 aliphatic rings. The Bertz CT molecular complexity index is 456. The SMILES string of the molecule is Cc1ccc(Cl)c(C2CCC(=O)NC2=O)c1. The normalized spacial score (nSPS) is 20.8. The second kappa shape index (κ2) is 4.26. The van der Waals surface area contributed by atoms with Crippen molar-refractivity contribution in [1.82, 2.24) is 5.32 Å². The highest BCUT2D eigenvalue weighted by Crippen LogP contribution is 2.30. The zero-order valence-corrected chi connectivity index (χ0v) is 9.67. The Kier molecular flexibility index (Phi) is 2.97. The van der Waals surface area contributed by atoms with Crippen LogP contribution in [0.2, 0.25) is 5.02 Å². The van der Waals surface area contributed by atoms with E-state index in [2.05, 4.69) is 5.32 Å². The van der Waals surface area contributed by atoms with Gasteiger partial charge in [0.25, 0.3) is 0 Å². The number of imide groups is 1. The van der Waals surface area contributed by atoms with Gasteiger partial charge in [-0.25, -0.2) is 0 Å². The molecule has 1 fully saturated rings. The average Bonchev–Trinajstić information content (AvgIpc) is 2.22. The number of benzene rings is 1. The number of halogens is 1. The Balaban J connectivity index is 2.33. The smallest absolute Gasteiger partial charge is 0.234 e. The lowest BCUT2D eigenvalue weighted by Gasteiger charge is -2.22. The number of carbonyl (C=O) groups is 2. The molecule has 84 valence electrons. The topological polar surface area (TPSA) is 46.2 Å². The molecular formula is C12H12ClNO2. The first-order valence-corrected chi connectivity index (χ1v) is 5.55. The van der Waals surface area contributed by atoms with E-state index in [1.807, 2.05) is 19.1 Å². The van der Waals surface area contributed by atoms with Gasteiger partial charge in [0.05, 0.1) is 5.92 Å². The van der Waals surface area contributed by atoms with Crippen LogP contribution < -0.4 is 5.32 Å². The molecule has 1 unspecified atom stereocenters. The van der Waals surface area contributed by atoms with Crippen molar-refractivity contribution in [3.63, 3.8) is 0 Å². The Morgan fingerprint density at radius 3 is 2.81 bits per heavy atom. The first-order valence-electron chi connectivity index (χ1n) is 5.17. The van der Waals surface area contributed by atoms with Crippen LogP contribution in [-0.2, 0) is 9.59 Å². The number of hydrogen-bond donors (Lipinski definition) is 1. The van der Waals surface area contributed by atoms with Crippen LogP contribution >= 0.6 is 11.6 Å². The molecule has 4 heteroatoms. The molecule has 0 bridgehead atoms. The number of amides is 2. The molecule has 1 aromatic rings. The van der Waals surface area contributed by atoms with Crippen molar-refractivity contribution in [2.75, 3.05) is 0 Å². The molecule has 1 saturated heterocycles. The molecule has 0 aliphatic carbocycles. The van der Waals surface area contributed by atoms with Crippen LogP contribution in [0.3, 0.4) is 0 Å². The lowest BCUT2D eigenvalue weighted by molar-refractivity contribution is -0.134. The van der Waals surface area contributed by atoms with Gasteiger partial charge in [-0.1, -0.05) is 29.3 Å². The van der Waals surface area contributed by atoms with Crippen LogP contribution in [0, 0.1) is 6.92 Å². The van der Waals surface area contributed by atoms with E-state index in [-0.39, 0.29) is 17.7 Å². The summed E-state index contributed by atoms with van der Waals surface area (Å²) in [5, 5.41) is 2.92. The monoisotopic (exact) mass is 237 g/mol. The van der Waals surface area contributed by atoms with Crippen molar-refractivity contribution in [2.45, 2.75) is 25.7 Å². The standard InChI is InChI=1S/C12H12ClNO2/c1-7-2-4-10(13)9(6-7)8-3-5-11(15)14-12(8)16/h2,4,6,8H,3,5H2,1H3,(H,14,15,16). The van der Waals surface area contributed by atoms with Crippen molar-refractivity contribution in [2.24, 2.45) is 0 Å². The highest BCUT2D eigenvalue weighted by Gasteiger charge is 2.29. The van der Waals surface area contributed by atoms with Gasteiger partial charge < -0.3 is 0 Å². The van der Waals surface area contributed by atoms with Gasteiger partial charge in [0.2, 0.25) is 11.8 Å². The van der Waals surface area contributed by atoms with Crippen LogP contribution in [0.25, 0.3) is 0 Å². The van der Waals surface area contributed by atoms with Crippen LogP contribution in [0.1, 0.15) is 29.9 Å². The molecule has 2 rings (SSSR count). The summed E-state index contributed by atoms with van der Waals surface area (Å²) in [7, 11) is 0. The quantitative estimate of drug-likeness (QED) is 0.761. The maximum Gasteiger partial charge on any atom is 0.234 e. The first kappa shape index (κ1) is 11.1. The number of piperidine rings is 1.